The number of amides is 1. The van der Waals surface area contributed by atoms with E-state index in [1.165, 1.54) is 19.3 Å². The summed E-state index contributed by atoms with van der Waals surface area (Å²) in [7, 11) is 1.70. The Balaban J connectivity index is 1.55. The molecule has 1 aromatic carbocycles. The zero-order valence-corrected chi connectivity index (χ0v) is 18.0. The van der Waals surface area contributed by atoms with Gasteiger partial charge in [-0.15, -0.1) is 11.3 Å². The smallest absolute Gasteiger partial charge is 0.267 e. The highest BCUT2D eigenvalue weighted by molar-refractivity contribution is 7.09. The number of fused-ring (bicyclic) bond motifs is 1. The third-order valence-corrected chi connectivity index (χ3v) is 6.53. The maximum absolute atomic E-state index is 12.9. The Labute approximate surface area is 176 Å². The molecule has 2 aliphatic rings. The molecule has 6 nitrogen and oxygen atoms in total. The van der Waals surface area contributed by atoms with Crippen molar-refractivity contribution >= 4 is 22.9 Å². The van der Waals surface area contributed by atoms with Gasteiger partial charge < -0.3 is 19.3 Å². The first kappa shape index (κ1) is 20.3. The molecule has 1 amide bonds. The first-order valence-corrected chi connectivity index (χ1v) is 11.3. The summed E-state index contributed by atoms with van der Waals surface area (Å²) in [6, 6.07) is 6.04. The Bertz CT molecular complexity index is 848. The topological polar surface area (TPSA) is 54.9 Å². The van der Waals surface area contributed by atoms with Crippen LogP contribution < -0.4 is 9.64 Å². The molecule has 0 bridgehead atoms. The number of thiazole rings is 1. The molecule has 0 saturated carbocycles. The Morgan fingerprint density at radius 3 is 2.86 bits per heavy atom. The van der Waals surface area contributed by atoms with Crippen LogP contribution in [0, 0.1) is 0 Å². The number of ether oxygens (including phenoxy) is 2. The first-order valence-electron chi connectivity index (χ1n) is 10.4. The number of methoxy groups -OCH3 is 1. The number of rotatable bonds is 7. The number of anilines is 1. The summed E-state index contributed by atoms with van der Waals surface area (Å²) >= 11 is 1.64. The monoisotopic (exact) mass is 415 g/mol. The average molecular weight is 416 g/mol. The lowest BCUT2D eigenvalue weighted by Crippen LogP contribution is -2.48. The van der Waals surface area contributed by atoms with Crippen LogP contribution in [0.5, 0.6) is 5.75 Å². The minimum absolute atomic E-state index is 0.0331. The third-order valence-electron chi connectivity index (χ3n) is 5.62. The van der Waals surface area contributed by atoms with Crippen molar-refractivity contribution in [1.82, 2.24) is 9.88 Å². The van der Waals surface area contributed by atoms with Crippen molar-refractivity contribution in [2.45, 2.75) is 38.7 Å². The van der Waals surface area contributed by atoms with Crippen molar-refractivity contribution < 1.29 is 14.3 Å². The predicted octanol–water partition coefficient (Wildman–Crippen LogP) is 3.60. The summed E-state index contributed by atoms with van der Waals surface area (Å²) in [5.41, 5.74) is 2.80. The summed E-state index contributed by atoms with van der Waals surface area (Å²) < 4.78 is 11.0. The van der Waals surface area contributed by atoms with Crippen molar-refractivity contribution in [3.05, 3.63) is 28.6 Å². The number of hydrogen-bond donors (Lipinski definition) is 0. The highest BCUT2D eigenvalue weighted by Crippen LogP contribution is 2.37. The van der Waals surface area contributed by atoms with Gasteiger partial charge >= 0.3 is 0 Å². The molecule has 2 aliphatic heterocycles. The maximum Gasteiger partial charge on any atom is 0.267 e. The lowest BCUT2D eigenvalue weighted by atomic mass is 10.1. The lowest BCUT2D eigenvalue weighted by molar-refractivity contribution is -0.125. The Hall–Kier alpha value is -1.96. The largest absolute Gasteiger partial charge is 0.479 e. The second-order valence-electron chi connectivity index (χ2n) is 7.70. The van der Waals surface area contributed by atoms with Crippen molar-refractivity contribution in [2.24, 2.45) is 0 Å². The van der Waals surface area contributed by atoms with Gasteiger partial charge in [0.25, 0.3) is 5.91 Å². The highest BCUT2D eigenvalue weighted by atomic mass is 32.1. The summed E-state index contributed by atoms with van der Waals surface area (Å²) in [6.45, 7) is 6.35. The zero-order chi connectivity index (χ0) is 20.2. The number of carbonyl (C=O) groups excluding carboxylic acids is 1. The lowest BCUT2D eigenvalue weighted by Gasteiger charge is -2.35. The van der Waals surface area contributed by atoms with E-state index in [1.54, 1.807) is 18.4 Å². The van der Waals surface area contributed by atoms with E-state index in [-0.39, 0.29) is 5.91 Å². The van der Waals surface area contributed by atoms with Crippen LogP contribution in [0.15, 0.2) is 23.6 Å². The molecule has 1 aromatic heterocycles. The number of piperidine rings is 1. The fraction of sp³-hybridized carbons (Fsp3) is 0.545. The molecule has 0 N–H and O–H groups in total. The minimum Gasteiger partial charge on any atom is -0.479 e. The Morgan fingerprint density at radius 2 is 2.07 bits per heavy atom. The fourth-order valence-corrected chi connectivity index (χ4v) is 4.76. The first-order chi connectivity index (χ1) is 14.2. The standard InChI is InChI=1S/C22H29N3O3S/c1-16-22(26)25(12-11-24-9-4-3-5-10-24)19-14-17(6-7-20(19)28-16)18-15-29-21(23-18)8-13-27-2/h6-7,14-16H,3-5,8-13H2,1-2H3. The van der Waals surface area contributed by atoms with Gasteiger partial charge in [-0.1, -0.05) is 6.42 Å². The summed E-state index contributed by atoms with van der Waals surface area (Å²) in [6.07, 6.45) is 4.19. The van der Waals surface area contributed by atoms with E-state index in [9.17, 15) is 4.79 Å². The van der Waals surface area contributed by atoms with E-state index in [1.807, 2.05) is 30.0 Å². The van der Waals surface area contributed by atoms with E-state index in [0.29, 0.717) is 13.2 Å². The summed E-state index contributed by atoms with van der Waals surface area (Å²) in [5.74, 6) is 0.806. The average Bonchev–Trinajstić information content (AvgIpc) is 3.22. The number of benzene rings is 1. The second-order valence-corrected chi connectivity index (χ2v) is 8.65. The van der Waals surface area contributed by atoms with Gasteiger partial charge in [0, 0.05) is 37.6 Å². The molecule has 3 heterocycles. The minimum atomic E-state index is -0.449. The van der Waals surface area contributed by atoms with Crippen molar-refractivity contribution in [3.63, 3.8) is 0 Å². The molecule has 1 atom stereocenters. The molecule has 0 aliphatic carbocycles. The van der Waals surface area contributed by atoms with Gasteiger partial charge in [0.2, 0.25) is 0 Å². The van der Waals surface area contributed by atoms with Gasteiger partial charge in [0.05, 0.1) is 23.0 Å². The van der Waals surface area contributed by atoms with Gasteiger partial charge in [-0.25, -0.2) is 4.98 Å². The molecule has 1 fully saturated rings. The molecule has 156 valence electrons. The van der Waals surface area contributed by atoms with E-state index in [0.717, 1.165) is 53.8 Å². The molecule has 1 saturated heterocycles. The Kier molecular flexibility index (Phi) is 6.47. The predicted molar refractivity (Wildman–Crippen MR) is 116 cm³/mol. The quantitative estimate of drug-likeness (QED) is 0.692. The van der Waals surface area contributed by atoms with Crippen molar-refractivity contribution in [1.29, 1.82) is 0 Å². The maximum atomic E-state index is 12.9. The summed E-state index contributed by atoms with van der Waals surface area (Å²) in [4.78, 5) is 22.0. The zero-order valence-electron chi connectivity index (χ0n) is 17.2. The van der Waals surface area contributed by atoms with Crippen LogP contribution in [-0.2, 0) is 16.0 Å². The van der Waals surface area contributed by atoms with E-state index in [4.69, 9.17) is 14.5 Å². The van der Waals surface area contributed by atoms with Gasteiger partial charge in [-0.05, 0) is 51.1 Å². The van der Waals surface area contributed by atoms with Gasteiger partial charge in [-0.2, -0.15) is 0 Å². The Morgan fingerprint density at radius 1 is 1.24 bits per heavy atom. The highest BCUT2D eigenvalue weighted by Gasteiger charge is 2.32. The summed E-state index contributed by atoms with van der Waals surface area (Å²) in [5, 5.41) is 3.13. The number of likely N-dealkylation sites (tertiary alicyclic amines) is 1. The number of nitrogens with zero attached hydrogens (tertiary/aromatic N) is 3. The number of aromatic nitrogens is 1. The van der Waals surface area contributed by atoms with E-state index >= 15 is 0 Å². The van der Waals surface area contributed by atoms with Crippen LogP contribution in [0.25, 0.3) is 11.3 Å². The normalized spacial score (nSPS) is 19.9. The van der Waals surface area contributed by atoms with Crippen molar-refractivity contribution in [3.8, 4) is 17.0 Å². The molecule has 4 rings (SSSR count). The third kappa shape index (κ3) is 4.63. The SMILES string of the molecule is COCCc1nc(-c2ccc3c(c2)N(CCN2CCCCC2)C(=O)C(C)O3)cs1. The van der Waals surface area contributed by atoms with Gasteiger partial charge in [-0.3, -0.25) is 4.79 Å². The van der Waals surface area contributed by atoms with Gasteiger partial charge in [0.1, 0.15) is 5.75 Å². The molecule has 1 unspecified atom stereocenters. The van der Waals surface area contributed by atoms with Crippen molar-refractivity contribution in [2.75, 3.05) is 44.8 Å². The van der Waals surface area contributed by atoms with Crippen LogP contribution in [0.2, 0.25) is 0 Å². The second kappa shape index (κ2) is 9.24. The molecule has 29 heavy (non-hydrogen) atoms. The van der Waals surface area contributed by atoms with E-state index in [2.05, 4.69) is 10.3 Å². The number of carbonyl (C=O) groups is 1. The van der Waals surface area contributed by atoms with E-state index < -0.39 is 6.10 Å². The molecule has 0 radical (unpaired) electrons. The van der Waals surface area contributed by atoms with Crippen LogP contribution in [0.1, 0.15) is 31.2 Å². The molecular weight excluding hydrogens is 386 g/mol. The molecule has 2 aromatic rings. The van der Waals surface area contributed by atoms with Gasteiger partial charge in [0.15, 0.2) is 6.10 Å². The molecular formula is C22H29N3O3S. The molecule has 0 spiro atoms. The van der Waals surface area contributed by atoms with Crippen LogP contribution >= 0.6 is 11.3 Å². The fourth-order valence-electron chi connectivity index (χ4n) is 3.97. The molecule has 7 heteroatoms. The van der Waals surface area contributed by atoms with Crippen LogP contribution in [0.4, 0.5) is 5.69 Å². The van der Waals surface area contributed by atoms with Crippen LogP contribution in [-0.4, -0.2) is 61.8 Å². The number of hydrogen-bond acceptors (Lipinski definition) is 6. The van der Waals surface area contributed by atoms with Crippen LogP contribution in [0.3, 0.4) is 0 Å².